The molecule has 0 saturated heterocycles. The molecular weight excluding hydrogens is 358 g/mol. The predicted octanol–water partition coefficient (Wildman–Crippen LogP) is 4.72. The van der Waals surface area contributed by atoms with Gasteiger partial charge in [-0.1, -0.05) is 41.7 Å². The van der Waals surface area contributed by atoms with Crippen molar-refractivity contribution < 1.29 is 9.53 Å². The molecule has 0 radical (unpaired) electrons. The van der Waals surface area contributed by atoms with E-state index in [1.807, 2.05) is 60.8 Å². The Bertz CT molecular complexity index is 1080. The Morgan fingerprint density at radius 3 is 2.74 bits per heavy atom. The molecule has 4 aromatic rings. The number of aromatic nitrogens is 2. The number of hydrogen-bond donors (Lipinski definition) is 1. The summed E-state index contributed by atoms with van der Waals surface area (Å²) in [5, 5.41) is 6.39. The Morgan fingerprint density at radius 1 is 1.11 bits per heavy atom. The van der Waals surface area contributed by atoms with Gasteiger partial charge in [0.2, 0.25) is 0 Å². The lowest BCUT2D eigenvalue weighted by Crippen LogP contribution is -2.23. The van der Waals surface area contributed by atoms with Gasteiger partial charge in [0.15, 0.2) is 0 Å². The summed E-state index contributed by atoms with van der Waals surface area (Å²) in [4.78, 5) is 21.2. The maximum Gasteiger partial charge on any atom is 0.278 e. The van der Waals surface area contributed by atoms with Gasteiger partial charge in [-0.05, 0) is 36.8 Å². The summed E-state index contributed by atoms with van der Waals surface area (Å²) in [6.07, 6.45) is 1.70. The largest absolute Gasteiger partial charge is 0.431 e. The molecule has 0 fully saturated rings. The van der Waals surface area contributed by atoms with Crippen LogP contribution in [-0.2, 0) is 6.54 Å². The van der Waals surface area contributed by atoms with Gasteiger partial charge < -0.3 is 10.1 Å². The number of carbonyl (C=O) groups excluding carboxylic acids is 1. The highest BCUT2D eigenvalue weighted by molar-refractivity contribution is 7.11. The smallest absolute Gasteiger partial charge is 0.278 e. The van der Waals surface area contributed by atoms with E-state index < -0.39 is 0 Å². The molecule has 0 unspecified atom stereocenters. The number of aryl methyl sites for hydroxylation is 1. The molecule has 0 atom stereocenters. The molecule has 5 nitrogen and oxygen atoms in total. The predicted molar refractivity (Wildman–Crippen MR) is 106 cm³/mol. The van der Waals surface area contributed by atoms with Crippen LogP contribution in [0.5, 0.6) is 10.9 Å². The Balaban J connectivity index is 1.44. The SMILES string of the molecule is Cc1ccc2cccc(C(=O)NCc3ccc(Oc4nccs4)cc3)c2n1. The van der Waals surface area contributed by atoms with Gasteiger partial charge in [-0.2, -0.15) is 0 Å². The molecule has 0 bridgehead atoms. The van der Waals surface area contributed by atoms with Crippen molar-refractivity contribution in [2.45, 2.75) is 13.5 Å². The third-order valence-electron chi connectivity index (χ3n) is 4.10. The molecular formula is C21H17N3O2S. The number of pyridine rings is 1. The maximum absolute atomic E-state index is 12.6. The molecule has 27 heavy (non-hydrogen) atoms. The highest BCUT2D eigenvalue weighted by Crippen LogP contribution is 2.23. The Labute approximate surface area is 160 Å². The lowest BCUT2D eigenvalue weighted by Gasteiger charge is -2.09. The molecule has 0 aliphatic rings. The molecule has 1 N–H and O–H groups in total. The number of amides is 1. The standard InChI is InChI=1S/C21H17N3O2S/c1-14-5-8-16-3-2-4-18(19(16)24-14)20(25)23-13-15-6-9-17(10-7-15)26-21-22-11-12-27-21/h2-12H,13H2,1H3,(H,23,25). The molecule has 0 spiro atoms. The van der Waals surface area contributed by atoms with Gasteiger partial charge >= 0.3 is 0 Å². The van der Waals surface area contributed by atoms with Crippen molar-refractivity contribution in [1.82, 2.24) is 15.3 Å². The number of nitrogens with zero attached hydrogens (tertiary/aromatic N) is 2. The minimum Gasteiger partial charge on any atom is -0.431 e. The van der Waals surface area contributed by atoms with Crippen LogP contribution >= 0.6 is 11.3 Å². The Hall–Kier alpha value is -3.25. The van der Waals surface area contributed by atoms with Crippen LogP contribution in [0.1, 0.15) is 21.6 Å². The van der Waals surface area contributed by atoms with E-state index in [1.165, 1.54) is 11.3 Å². The Kier molecular flexibility index (Phi) is 4.80. The molecule has 0 aliphatic carbocycles. The van der Waals surface area contributed by atoms with Crippen LogP contribution in [0.2, 0.25) is 0 Å². The first kappa shape index (κ1) is 17.2. The van der Waals surface area contributed by atoms with Gasteiger partial charge in [0.25, 0.3) is 11.1 Å². The van der Waals surface area contributed by atoms with Crippen molar-refractivity contribution in [1.29, 1.82) is 0 Å². The van der Waals surface area contributed by atoms with E-state index in [-0.39, 0.29) is 5.91 Å². The maximum atomic E-state index is 12.6. The summed E-state index contributed by atoms with van der Waals surface area (Å²) in [5.41, 5.74) is 3.18. The second-order valence-electron chi connectivity index (χ2n) is 6.06. The average Bonchev–Trinajstić information content (AvgIpc) is 3.20. The summed E-state index contributed by atoms with van der Waals surface area (Å²) in [6.45, 7) is 2.35. The molecule has 0 saturated carbocycles. The minimum absolute atomic E-state index is 0.137. The first-order chi connectivity index (χ1) is 13.2. The summed E-state index contributed by atoms with van der Waals surface area (Å²) in [7, 11) is 0. The van der Waals surface area contributed by atoms with Gasteiger partial charge in [0.05, 0.1) is 11.1 Å². The zero-order valence-corrected chi connectivity index (χ0v) is 15.5. The summed E-state index contributed by atoms with van der Waals surface area (Å²) in [5.74, 6) is 0.579. The molecule has 134 valence electrons. The van der Waals surface area contributed by atoms with Gasteiger partial charge in [-0.3, -0.25) is 9.78 Å². The topological polar surface area (TPSA) is 64.1 Å². The second kappa shape index (κ2) is 7.55. The fraction of sp³-hybridized carbons (Fsp3) is 0.0952. The van der Waals surface area contributed by atoms with E-state index >= 15 is 0 Å². The van der Waals surface area contributed by atoms with Gasteiger partial charge in [0.1, 0.15) is 5.75 Å². The van der Waals surface area contributed by atoms with Crippen LogP contribution in [0.3, 0.4) is 0 Å². The molecule has 6 heteroatoms. The number of benzene rings is 2. The monoisotopic (exact) mass is 375 g/mol. The highest BCUT2D eigenvalue weighted by Gasteiger charge is 2.11. The number of rotatable bonds is 5. The van der Waals surface area contributed by atoms with E-state index in [4.69, 9.17) is 4.74 Å². The quantitative estimate of drug-likeness (QED) is 0.548. The normalized spacial score (nSPS) is 10.7. The first-order valence-electron chi connectivity index (χ1n) is 8.50. The number of carbonyl (C=O) groups is 1. The molecule has 2 aromatic heterocycles. The first-order valence-corrected chi connectivity index (χ1v) is 9.38. The van der Waals surface area contributed by atoms with Gasteiger partial charge in [0, 0.05) is 29.2 Å². The van der Waals surface area contributed by atoms with Gasteiger partial charge in [-0.25, -0.2) is 4.98 Å². The molecule has 4 rings (SSSR count). The van der Waals surface area contributed by atoms with Crippen molar-refractivity contribution >= 4 is 28.1 Å². The zero-order valence-electron chi connectivity index (χ0n) is 14.7. The van der Waals surface area contributed by atoms with Crippen LogP contribution in [0.25, 0.3) is 10.9 Å². The van der Waals surface area contributed by atoms with Crippen LogP contribution in [-0.4, -0.2) is 15.9 Å². The van der Waals surface area contributed by atoms with Crippen molar-refractivity contribution in [3.8, 4) is 10.9 Å². The highest BCUT2D eigenvalue weighted by atomic mass is 32.1. The van der Waals surface area contributed by atoms with Crippen LogP contribution in [0, 0.1) is 6.92 Å². The Morgan fingerprint density at radius 2 is 1.96 bits per heavy atom. The lowest BCUT2D eigenvalue weighted by molar-refractivity contribution is 0.0952. The summed E-state index contributed by atoms with van der Waals surface area (Å²) < 4.78 is 5.64. The fourth-order valence-electron chi connectivity index (χ4n) is 2.74. The van der Waals surface area contributed by atoms with Crippen LogP contribution < -0.4 is 10.1 Å². The molecule has 2 aromatic carbocycles. The van der Waals surface area contributed by atoms with E-state index in [0.717, 1.165) is 22.2 Å². The molecule has 0 aliphatic heterocycles. The number of nitrogens with one attached hydrogen (secondary N) is 1. The van der Waals surface area contributed by atoms with Crippen LogP contribution in [0.4, 0.5) is 0 Å². The summed E-state index contributed by atoms with van der Waals surface area (Å²) >= 11 is 1.44. The van der Waals surface area contributed by atoms with Gasteiger partial charge in [-0.15, -0.1) is 0 Å². The minimum atomic E-state index is -0.137. The lowest BCUT2D eigenvalue weighted by atomic mass is 10.1. The zero-order chi connectivity index (χ0) is 18.6. The van der Waals surface area contributed by atoms with E-state index in [0.29, 0.717) is 23.1 Å². The third kappa shape index (κ3) is 3.96. The summed E-state index contributed by atoms with van der Waals surface area (Å²) in [6, 6.07) is 17.1. The number of para-hydroxylation sites is 1. The van der Waals surface area contributed by atoms with Crippen molar-refractivity contribution in [3.63, 3.8) is 0 Å². The number of hydrogen-bond acceptors (Lipinski definition) is 5. The van der Waals surface area contributed by atoms with Crippen LogP contribution in [0.15, 0.2) is 66.2 Å². The average molecular weight is 375 g/mol. The van der Waals surface area contributed by atoms with Crippen molar-refractivity contribution in [2.24, 2.45) is 0 Å². The molecule has 1 amide bonds. The van der Waals surface area contributed by atoms with E-state index in [1.54, 1.807) is 12.3 Å². The van der Waals surface area contributed by atoms with E-state index in [9.17, 15) is 4.79 Å². The third-order valence-corrected chi connectivity index (χ3v) is 4.74. The second-order valence-corrected chi connectivity index (χ2v) is 6.91. The van der Waals surface area contributed by atoms with Crippen molar-refractivity contribution in [2.75, 3.05) is 0 Å². The van der Waals surface area contributed by atoms with Crippen molar-refractivity contribution in [3.05, 3.63) is 83.0 Å². The fourth-order valence-corrected chi connectivity index (χ4v) is 3.25. The molecule has 2 heterocycles. The number of thiazole rings is 1. The number of fused-ring (bicyclic) bond motifs is 1. The number of ether oxygens (including phenoxy) is 1. The van der Waals surface area contributed by atoms with E-state index in [2.05, 4.69) is 15.3 Å².